The second-order valence-electron chi connectivity index (χ2n) is 3.89. The highest BCUT2D eigenvalue weighted by Crippen LogP contribution is 2.05. The molecule has 0 aliphatic rings. The number of hydrogen-bond donors (Lipinski definition) is 0. The van der Waals surface area contributed by atoms with Gasteiger partial charge in [-0.2, -0.15) is 4.89 Å². The molecule has 0 spiro atoms. The van der Waals surface area contributed by atoms with Crippen LogP contribution in [0, 0.1) is 6.92 Å². The first-order valence-corrected chi connectivity index (χ1v) is 5.56. The molecule has 17 heavy (non-hydrogen) atoms. The molecule has 0 saturated carbocycles. The second-order valence-corrected chi connectivity index (χ2v) is 3.89. The largest absolute Gasteiger partial charge is 0.382 e. The number of hydrogen-bond acceptors (Lipinski definition) is 4. The number of methoxy groups -OCH3 is 1. The Bertz CT molecular complexity index is 345. The van der Waals surface area contributed by atoms with E-state index in [0.29, 0.717) is 18.6 Å². The highest BCUT2D eigenvalue weighted by molar-refractivity contribution is 5.88. The van der Waals surface area contributed by atoms with E-state index < -0.39 is 5.97 Å². The molecular weight excluding hydrogens is 220 g/mol. The topological polar surface area (TPSA) is 44.8 Å². The average Bonchev–Trinajstić information content (AvgIpc) is 2.34. The predicted molar refractivity (Wildman–Crippen MR) is 63.6 cm³/mol. The maximum Gasteiger partial charge on any atom is 0.373 e. The van der Waals surface area contributed by atoms with Gasteiger partial charge in [0.25, 0.3) is 0 Å². The fourth-order valence-corrected chi connectivity index (χ4v) is 1.16. The van der Waals surface area contributed by atoms with E-state index >= 15 is 0 Å². The van der Waals surface area contributed by atoms with Crippen LogP contribution in [0.5, 0.6) is 0 Å². The van der Waals surface area contributed by atoms with Crippen molar-refractivity contribution in [2.75, 3.05) is 13.7 Å². The van der Waals surface area contributed by atoms with Gasteiger partial charge in [0, 0.05) is 13.5 Å². The Labute approximate surface area is 101 Å². The summed E-state index contributed by atoms with van der Waals surface area (Å²) >= 11 is 0. The van der Waals surface area contributed by atoms with E-state index in [0.717, 1.165) is 5.56 Å². The summed E-state index contributed by atoms with van der Waals surface area (Å²) < 4.78 is 5.03. The molecular formula is C13H18O4. The zero-order chi connectivity index (χ0) is 12.7. The first-order chi connectivity index (χ1) is 8.13. The zero-order valence-corrected chi connectivity index (χ0v) is 10.4. The van der Waals surface area contributed by atoms with E-state index in [2.05, 4.69) is 4.89 Å². The minimum atomic E-state index is -0.477. The summed E-state index contributed by atoms with van der Waals surface area (Å²) in [5.41, 5.74) is 1.58. The number of aryl methyl sites for hydroxylation is 1. The summed E-state index contributed by atoms with van der Waals surface area (Å²) in [7, 11) is 1.63. The van der Waals surface area contributed by atoms with E-state index in [-0.39, 0.29) is 6.10 Å². The molecule has 4 nitrogen and oxygen atoms in total. The highest BCUT2D eigenvalue weighted by atomic mass is 17.2. The van der Waals surface area contributed by atoms with Crippen molar-refractivity contribution in [1.82, 2.24) is 0 Å². The Morgan fingerprint density at radius 3 is 2.53 bits per heavy atom. The van der Waals surface area contributed by atoms with Gasteiger partial charge in [-0.05, 0) is 26.0 Å². The van der Waals surface area contributed by atoms with Gasteiger partial charge >= 0.3 is 5.97 Å². The zero-order valence-electron chi connectivity index (χ0n) is 10.4. The van der Waals surface area contributed by atoms with E-state index in [1.54, 1.807) is 19.2 Å². The van der Waals surface area contributed by atoms with E-state index in [1.807, 2.05) is 26.0 Å². The van der Waals surface area contributed by atoms with Crippen LogP contribution in [0.15, 0.2) is 24.3 Å². The molecule has 4 heteroatoms. The van der Waals surface area contributed by atoms with Crippen LogP contribution in [-0.2, 0) is 14.5 Å². The number of carbonyl (C=O) groups is 1. The first-order valence-electron chi connectivity index (χ1n) is 5.56. The summed E-state index contributed by atoms with van der Waals surface area (Å²) in [5.74, 6) is -0.477. The van der Waals surface area contributed by atoms with Crippen LogP contribution in [0.25, 0.3) is 0 Å². The van der Waals surface area contributed by atoms with Gasteiger partial charge in [-0.15, -0.1) is 0 Å². The van der Waals surface area contributed by atoms with Crippen LogP contribution in [0.1, 0.15) is 29.3 Å². The van der Waals surface area contributed by atoms with Crippen LogP contribution in [0.3, 0.4) is 0 Å². The summed E-state index contributed by atoms with van der Waals surface area (Å²) in [5, 5.41) is 0. The van der Waals surface area contributed by atoms with Gasteiger partial charge in [0.1, 0.15) is 0 Å². The van der Waals surface area contributed by atoms with Crippen molar-refractivity contribution in [3.8, 4) is 0 Å². The van der Waals surface area contributed by atoms with Crippen molar-refractivity contribution in [3.05, 3.63) is 35.4 Å². The average molecular weight is 238 g/mol. The van der Waals surface area contributed by atoms with Gasteiger partial charge in [0.2, 0.25) is 0 Å². The van der Waals surface area contributed by atoms with Crippen LogP contribution in [-0.4, -0.2) is 25.8 Å². The Kier molecular flexibility index (Phi) is 5.66. The van der Waals surface area contributed by atoms with Gasteiger partial charge in [-0.3, -0.25) is 4.89 Å². The van der Waals surface area contributed by atoms with Crippen LogP contribution in [0.4, 0.5) is 0 Å². The molecule has 1 aromatic carbocycles. The molecule has 0 bridgehead atoms. The molecule has 0 saturated heterocycles. The predicted octanol–water partition coefficient (Wildman–Crippen LogP) is 2.51. The number of ether oxygens (including phenoxy) is 1. The Hall–Kier alpha value is -1.39. The van der Waals surface area contributed by atoms with Gasteiger partial charge in [0.05, 0.1) is 18.3 Å². The van der Waals surface area contributed by atoms with Crippen molar-refractivity contribution in [1.29, 1.82) is 0 Å². The fourth-order valence-electron chi connectivity index (χ4n) is 1.16. The lowest BCUT2D eigenvalue weighted by atomic mass is 10.2. The van der Waals surface area contributed by atoms with Crippen molar-refractivity contribution in [2.45, 2.75) is 26.4 Å². The third-order valence-electron chi connectivity index (χ3n) is 2.43. The van der Waals surface area contributed by atoms with E-state index in [9.17, 15) is 4.79 Å². The quantitative estimate of drug-likeness (QED) is 0.434. The molecule has 0 fully saturated rings. The van der Waals surface area contributed by atoms with Crippen molar-refractivity contribution >= 4 is 5.97 Å². The van der Waals surface area contributed by atoms with E-state index in [1.165, 1.54) is 0 Å². The van der Waals surface area contributed by atoms with Gasteiger partial charge in [-0.1, -0.05) is 17.7 Å². The Morgan fingerprint density at radius 2 is 1.94 bits per heavy atom. The number of carbonyl (C=O) groups excluding carboxylic acids is 1. The van der Waals surface area contributed by atoms with Crippen molar-refractivity contribution in [3.63, 3.8) is 0 Å². The summed E-state index contributed by atoms with van der Waals surface area (Å²) in [6.07, 6.45) is 0.769. The van der Waals surface area contributed by atoms with E-state index in [4.69, 9.17) is 9.62 Å². The van der Waals surface area contributed by atoms with Crippen molar-refractivity contribution in [2.24, 2.45) is 0 Å². The molecule has 0 aromatic heterocycles. The minimum Gasteiger partial charge on any atom is -0.382 e. The van der Waals surface area contributed by atoms with Crippen molar-refractivity contribution < 1.29 is 19.3 Å². The van der Waals surface area contributed by atoms with Crippen LogP contribution >= 0.6 is 0 Å². The van der Waals surface area contributed by atoms with Crippen LogP contribution < -0.4 is 0 Å². The molecule has 1 atom stereocenters. The summed E-state index contributed by atoms with van der Waals surface area (Å²) in [6.45, 7) is 4.20. The maximum absolute atomic E-state index is 11.5. The molecule has 0 aliphatic carbocycles. The molecule has 94 valence electrons. The molecule has 0 aliphatic heterocycles. The lowest BCUT2D eigenvalue weighted by Gasteiger charge is -2.08. The Balaban J connectivity index is 2.28. The SMILES string of the molecule is COC(C)CCOOC(=O)c1ccc(C)cc1. The minimum absolute atomic E-state index is 0.0908. The molecule has 0 heterocycles. The summed E-state index contributed by atoms with van der Waals surface area (Å²) in [4.78, 5) is 21.0. The van der Waals surface area contributed by atoms with Gasteiger partial charge < -0.3 is 4.74 Å². The lowest BCUT2D eigenvalue weighted by Crippen LogP contribution is -2.12. The third-order valence-corrected chi connectivity index (χ3v) is 2.43. The normalized spacial score (nSPS) is 12.2. The Morgan fingerprint density at radius 1 is 1.29 bits per heavy atom. The standard InChI is InChI=1S/C13H18O4/c1-10-4-6-12(7-5-10)13(14)17-16-9-8-11(2)15-3/h4-7,11H,8-9H2,1-3H3. The fraction of sp³-hybridized carbons (Fsp3) is 0.462. The first kappa shape index (κ1) is 13.7. The number of benzene rings is 1. The smallest absolute Gasteiger partial charge is 0.373 e. The highest BCUT2D eigenvalue weighted by Gasteiger charge is 2.08. The molecule has 1 unspecified atom stereocenters. The monoisotopic (exact) mass is 238 g/mol. The van der Waals surface area contributed by atoms with Gasteiger partial charge in [0.15, 0.2) is 0 Å². The second kappa shape index (κ2) is 7.04. The van der Waals surface area contributed by atoms with Crippen LogP contribution in [0.2, 0.25) is 0 Å². The molecule has 0 N–H and O–H groups in total. The number of rotatable bonds is 6. The van der Waals surface area contributed by atoms with Gasteiger partial charge in [-0.25, -0.2) is 4.79 Å². The summed E-state index contributed by atoms with van der Waals surface area (Å²) in [6, 6.07) is 7.12. The molecule has 0 amide bonds. The molecule has 1 rings (SSSR count). The molecule has 0 radical (unpaired) electrons. The molecule has 1 aromatic rings. The third kappa shape index (κ3) is 4.97. The maximum atomic E-state index is 11.5. The lowest BCUT2D eigenvalue weighted by molar-refractivity contribution is -0.244.